The molecular weight excluding hydrogens is 353 g/mol. The van der Waals surface area contributed by atoms with Crippen LogP contribution in [-0.4, -0.2) is 48.2 Å². The number of imide groups is 1. The van der Waals surface area contributed by atoms with Gasteiger partial charge in [0.25, 0.3) is 0 Å². The standard InChI is InChI=1S/C16H21Cl2N3O3/c1-3-4-19-16(24)20-14(23)8-21(2)15-11-5-9(17)6-12(18)10(11)7-13(15)22/h5-6,13,15,22H,3-4,7-8H2,1-2H3,(H2,19,20,23,24). The third-order valence-corrected chi connectivity index (χ3v) is 4.50. The lowest BCUT2D eigenvalue weighted by molar-refractivity contribution is -0.121. The zero-order valence-electron chi connectivity index (χ0n) is 13.6. The van der Waals surface area contributed by atoms with Crippen molar-refractivity contribution in [2.45, 2.75) is 31.9 Å². The third-order valence-electron chi connectivity index (χ3n) is 3.95. The molecular formula is C16H21Cl2N3O3. The zero-order valence-corrected chi connectivity index (χ0v) is 15.1. The molecule has 2 rings (SSSR count). The van der Waals surface area contributed by atoms with Crippen LogP contribution in [0.3, 0.4) is 0 Å². The first kappa shape index (κ1) is 19.0. The van der Waals surface area contributed by atoms with E-state index in [0.29, 0.717) is 23.0 Å². The second-order valence-corrected chi connectivity index (χ2v) is 6.73. The normalized spacial score (nSPS) is 19.2. The molecule has 6 nitrogen and oxygen atoms in total. The van der Waals surface area contributed by atoms with E-state index in [4.69, 9.17) is 23.2 Å². The lowest BCUT2D eigenvalue weighted by Gasteiger charge is -2.27. The maximum atomic E-state index is 12.0. The number of aliphatic hydroxyl groups excluding tert-OH is 1. The van der Waals surface area contributed by atoms with E-state index < -0.39 is 24.1 Å². The number of rotatable bonds is 5. The van der Waals surface area contributed by atoms with Crippen LogP contribution in [0, 0.1) is 0 Å². The smallest absolute Gasteiger partial charge is 0.321 e. The minimum Gasteiger partial charge on any atom is -0.391 e. The Hall–Kier alpha value is -1.34. The van der Waals surface area contributed by atoms with Crippen LogP contribution in [-0.2, 0) is 11.2 Å². The van der Waals surface area contributed by atoms with E-state index in [9.17, 15) is 14.7 Å². The van der Waals surface area contributed by atoms with Crippen molar-refractivity contribution in [3.63, 3.8) is 0 Å². The Morgan fingerprint density at radius 2 is 2.08 bits per heavy atom. The molecule has 1 aromatic carbocycles. The van der Waals surface area contributed by atoms with Gasteiger partial charge in [-0.25, -0.2) is 4.79 Å². The van der Waals surface area contributed by atoms with Crippen molar-refractivity contribution < 1.29 is 14.7 Å². The van der Waals surface area contributed by atoms with E-state index in [2.05, 4.69) is 10.6 Å². The summed E-state index contributed by atoms with van der Waals surface area (Å²) < 4.78 is 0. The van der Waals surface area contributed by atoms with Crippen molar-refractivity contribution in [2.75, 3.05) is 20.1 Å². The number of nitrogens with zero attached hydrogens (tertiary/aromatic N) is 1. The molecule has 2 atom stereocenters. The molecule has 0 aromatic heterocycles. The number of aliphatic hydroxyl groups is 1. The van der Waals surface area contributed by atoms with Gasteiger partial charge in [-0.05, 0) is 36.7 Å². The van der Waals surface area contributed by atoms with Gasteiger partial charge in [-0.2, -0.15) is 0 Å². The van der Waals surface area contributed by atoms with Gasteiger partial charge in [-0.1, -0.05) is 30.1 Å². The Labute approximate surface area is 151 Å². The molecule has 3 amide bonds. The van der Waals surface area contributed by atoms with E-state index in [1.54, 1.807) is 24.1 Å². The molecule has 0 radical (unpaired) electrons. The lowest BCUT2D eigenvalue weighted by atomic mass is 10.1. The van der Waals surface area contributed by atoms with Gasteiger partial charge in [0.1, 0.15) is 0 Å². The average Bonchev–Trinajstić information content (AvgIpc) is 2.81. The van der Waals surface area contributed by atoms with Crippen LogP contribution in [0.15, 0.2) is 12.1 Å². The van der Waals surface area contributed by atoms with Crippen LogP contribution in [0.4, 0.5) is 4.79 Å². The fourth-order valence-corrected chi connectivity index (χ4v) is 3.52. The first-order valence-electron chi connectivity index (χ1n) is 7.77. The molecule has 0 bridgehead atoms. The van der Waals surface area contributed by atoms with Crippen LogP contribution >= 0.6 is 23.2 Å². The Morgan fingerprint density at radius 1 is 1.38 bits per heavy atom. The molecule has 24 heavy (non-hydrogen) atoms. The highest BCUT2D eigenvalue weighted by Gasteiger charge is 2.36. The van der Waals surface area contributed by atoms with E-state index >= 15 is 0 Å². The summed E-state index contributed by atoms with van der Waals surface area (Å²) >= 11 is 12.2. The van der Waals surface area contributed by atoms with Gasteiger partial charge in [0.2, 0.25) is 5.91 Å². The first-order valence-corrected chi connectivity index (χ1v) is 8.52. The van der Waals surface area contributed by atoms with Gasteiger partial charge in [-0.15, -0.1) is 0 Å². The quantitative estimate of drug-likeness (QED) is 0.738. The fourth-order valence-electron chi connectivity index (χ4n) is 2.94. The van der Waals surface area contributed by atoms with Crippen LogP contribution < -0.4 is 10.6 Å². The molecule has 0 aliphatic heterocycles. The Kier molecular flexibility index (Phi) is 6.46. The fraction of sp³-hybridized carbons (Fsp3) is 0.500. The summed E-state index contributed by atoms with van der Waals surface area (Å²) in [5.74, 6) is -0.445. The van der Waals surface area contributed by atoms with Crippen molar-refractivity contribution in [1.29, 1.82) is 0 Å². The van der Waals surface area contributed by atoms with E-state index in [1.165, 1.54) is 0 Å². The molecule has 0 saturated carbocycles. The lowest BCUT2D eigenvalue weighted by Crippen LogP contribution is -2.45. The molecule has 132 valence electrons. The number of amides is 3. The molecule has 2 unspecified atom stereocenters. The molecule has 3 N–H and O–H groups in total. The minimum atomic E-state index is -0.692. The number of benzene rings is 1. The Morgan fingerprint density at radius 3 is 2.75 bits per heavy atom. The van der Waals surface area contributed by atoms with Crippen molar-refractivity contribution in [3.05, 3.63) is 33.3 Å². The van der Waals surface area contributed by atoms with Crippen LogP contribution in [0.2, 0.25) is 10.0 Å². The van der Waals surface area contributed by atoms with Crippen LogP contribution in [0.25, 0.3) is 0 Å². The molecule has 1 aliphatic carbocycles. The van der Waals surface area contributed by atoms with Gasteiger partial charge in [0, 0.05) is 23.0 Å². The summed E-state index contributed by atoms with van der Waals surface area (Å²) in [6.07, 6.45) is 0.496. The number of carbonyl (C=O) groups excluding carboxylic acids is 2. The van der Waals surface area contributed by atoms with Gasteiger partial charge < -0.3 is 10.4 Å². The average molecular weight is 374 g/mol. The summed E-state index contributed by atoms with van der Waals surface area (Å²) in [5, 5.41) is 16.2. The number of likely N-dealkylation sites (N-methyl/N-ethyl adjacent to an activating group) is 1. The molecule has 1 aliphatic rings. The number of carbonyl (C=O) groups is 2. The largest absolute Gasteiger partial charge is 0.391 e. The third kappa shape index (κ3) is 4.39. The Balaban J connectivity index is 2.04. The number of hydrogen-bond acceptors (Lipinski definition) is 4. The van der Waals surface area contributed by atoms with Gasteiger partial charge in [0.15, 0.2) is 0 Å². The maximum absolute atomic E-state index is 12.0. The summed E-state index contributed by atoms with van der Waals surface area (Å²) in [6.45, 7) is 2.39. The van der Waals surface area contributed by atoms with E-state index in [-0.39, 0.29) is 6.54 Å². The minimum absolute atomic E-state index is 0.0369. The Bertz CT molecular complexity index is 639. The molecule has 0 spiro atoms. The predicted molar refractivity (Wildman–Crippen MR) is 93.4 cm³/mol. The number of nitrogens with one attached hydrogen (secondary N) is 2. The summed E-state index contributed by atoms with van der Waals surface area (Å²) in [7, 11) is 1.71. The molecule has 0 heterocycles. The van der Waals surface area contributed by atoms with Crippen molar-refractivity contribution in [2.24, 2.45) is 0 Å². The van der Waals surface area contributed by atoms with Gasteiger partial charge >= 0.3 is 6.03 Å². The van der Waals surface area contributed by atoms with Crippen molar-refractivity contribution in [3.8, 4) is 0 Å². The molecule has 0 fully saturated rings. The second kappa shape index (κ2) is 8.16. The van der Waals surface area contributed by atoms with Crippen molar-refractivity contribution >= 4 is 35.1 Å². The predicted octanol–water partition coefficient (Wildman–Crippen LogP) is 2.12. The summed E-state index contributed by atoms with van der Waals surface area (Å²) in [6, 6.07) is 2.47. The zero-order chi connectivity index (χ0) is 17.9. The van der Waals surface area contributed by atoms with Crippen LogP contribution in [0.1, 0.15) is 30.5 Å². The topological polar surface area (TPSA) is 81.7 Å². The number of halogens is 2. The second-order valence-electron chi connectivity index (χ2n) is 5.89. The maximum Gasteiger partial charge on any atom is 0.321 e. The number of hydrogen-bond donors (Lipinski definition) is 3. The SMILES string of the molecule is CCCNC(=O)NC(=O)CN(C)C1c2cc(Cl)cc(Cl)c2CC1O. The highest BCUT2D eigenvalue weighted by molar-refractivity contribution is 6.35. The van der Waals surface area contributed by atoms with E-state index in [1.807, 2.05) is 6.92 Å². The van der Waals surface area contributed by atoms with Crippen LogP contribution in [0.5, 0.6) is 0 Å². The molecule has 0 saturated heterocycles. The molecule has 8 heteroatoms. The monoisotopic (exact) mass is 373 g/mol. The highest BCUT2D eigenvalue weighted by Crippen LogP contribution is 2.40. The van der Waals surface area contributed by atoms with E-state index in [0.717, 1.165) is 17.5 Å². The summed E-state index contributed by atoms with van der Waals surface area (Å²) in [4.78, 5) is 25.2. The highest BCUT2D eigenvalue weighted by atomic mass is 35.5. The van der Waals surface area contributed by atoms with Crippen molar-refractivity contribution in [1.82, 2.24) is 15.5 Å². The number of urea groups is 1. The number of fused-ring (bicyclic) bond motifs is 1. The first-order chi connectivity index (χ1) is 11.3. The summed E-state index contributed by atoms with van der Waals surface area (Å²) in [5.41, 5.74) is 1.65. The van der Waals surface area contributed by atoms with Gasteiger partial charge in [0.05, 0.1) is 18.7 Å². The molecule has 1 aromatic rings. The van der Waals surface area contributed by atoms with Gasteiger partial charge in [-0.3, -0.25) is 15.0 Å².